The Morgan fingerprint density at radius 3 is 2.92 bits per heavy atom. The minimum atomic E-state index is -0.0776. The Bertz CT molecular complexity index is 284. The number of nitrogens with two attached hydrogens (primary N) is 1. The molecule has 1 aliphatic rings. The lowest BCUT2D eigenvalue weighted by molar-refractivity contribution is 0.449. The van der Waals surface area contributed by atoms with Gasteiger partial charge in [-0.3, -0.25) is 4.98 Å². The van der Waals surface area contributed by atoms with E-state index in [1.54, 1.807) is 18.3 Å². The summed E-state index contributed by atoms with van der Waals surface area (Å²) in [5.74, 6) is 0.752. The first kappa shape index (κ1) is 7.55. The van der Waals surface area contributed by atoms with Gasteiger partial charge < -0.3 is 10.8 Å². The highest BCUT2D eigenvalue weighted by Crippen LogP contribution is 2.40. The molecule has 3 heteroatoms. The molecule has 1 aromatic rings. The van der Waals surface area contributed by atoms with E-state index in [0.29, 0.717) is 11.6 Å². The van der Waals surface area contributed by atoms with Crippen molar-refractivity contribution >= 4 is 0 Å². The maximum atomic E-state index is 9.42. The summed E-state index contributed by atoms with van der Waals surface area (Å²) in [5, 5.41) is 9.42. The second kappa shape index (κ2) is 2.75. The van der Waals surface area contributed by atoms with Gasteiger partial charge in [-0.05, 0) is 30.9 Å². The molecule has 0 saturated heterocycles. The average Bonchev–Trinajstić information content (AvgIpc) is 2.86. The molecule has 1 aliphatic carbocycles. The van der Waals surface area contributed by atoms with Gasteiger partial charge in [-0.15, -0.1) is 0 Å². The third-order valence-corrected chi connectivity index (χ3v) is 2.26. The molecule has 3 N–H and O–H groups in total. The van der Waals surface area contributed by atoms with E-state index >= 15 is 0 Å². The monoisotopic (exact) mass is 164 g/mol. The van der Waals surface area contributed by atoms with Crippen LogP contribution in [0.5, 0.6) is 5.75 Å². The Kier molecular flexibility index (Phi) is 1.73. The van der Waals surface area contributed by atoms with Crippen molar-refractivity contribution in [1.29, 1.82) is 0 Å². The van der Waals surface area contributed by atoms with E-state index in [0.717, 1.165) is 12.8 Å². The van der Waals surface area contributed by atoms with Crippen molar-refractivity contribution in [1.82, 2.24) is 4.98 Å². The topological polar surface area (TPSA) is 59.1 Å². The molecule has 0 radical (unpaired) electrons. The van der Waals surface area contributed by atoms with Crippen LogP contribution in [0.3, 0.4) is 0 Å². The highest BCUT2D eigenvalue weighted by atomic mass is 16.3. The van der Waals surface area contributed by atoms with Crippen LogP contribution in [-0.2, 0) is 0 Å². The smallest absolute Gasteiger partial charge is 0.138 e. The highest BCUT2D eigenvalue weighted by molar-refractivity contribution is 5.28. The fourth-order valence-electron chi connectivity index (χ4n) is 1.34. The van der Waals surface area contributed by atoms with Crippen molar-refractivity contribution in [3.8, 4) is 5.75 Å². The van der Waals surface area contributed by atoms with Crippen LogP contribution in [0.2, 0.25) is 0 Å². The van der Waals surface area contributed by atoms with Crippen LogP contribution in [0.25, 0.3) is 0 Å². The van der Waals surface area contributed by atoms with Crippen molar-refractivity contribution < 1.29 is 5.11 Å². The highest BCUT2D eigenvalue weighted by Gasteiger charge is 2.31. The third kappa shape index (κ3) is 1.28. The fraction of sp³-hybridized carbons (Fsp3) is 0.444. The minimum Gasteiger partial charge on any atom is -0.506 e. The summed E-state index contributed by atoms with van der Waals surface area (Å²) in [5.41, 5.74) is 6.52. The number of pyridine rings is 1. The lowest BCUT2D eigenvalue weighted by Gasteiger charge is -2.10. The molecule has 0 spiro atoms. The molecular weight excluding hydrogens is 152 g/mol. The lowest BCUT2D eigenvalue weighted by Crippen LogP contribution is -2.13. The van der Waals surface area contributed by atoms with E-state index in [1.165, 1.54) is 0 Å². The Balaban J connectivity index is 2.25. The van der Waals surface area contributed by atoms with E-state index in [-0.39, 0.29) is 11.8 Å². The van der Waals surface area contributed by atoms with Crippen LogP contribution in [0.4, 0.5) is 0 Å². The van der Waals surface area contributed by atoms with Gasteiger partial charge in [-0.2, -0.15) is 0 Å². The number of hydrogen-bond acceptors (Lipinski definition) is 3. The Labute approximate surface area is 71.2 Å². The van der Waals surface area contributed by atoms with Gasteiger partial charge in [0, 0.05) is 6.20 Å². The second-order valence-corrected chi connectivity index (χ2v) is 3.27. The maximum Gasteiger partial charge on any atom is 0.138 e. The molecule has 1 atom stereocenters. The Morgan fingerprint density at radius 1 is 1.58 bits per heavy atom. The SMILES string of the molecule is N[C@@H](c1ncccc1O)C1CC1. The Hall–Kier alpha value is -1.09. The molecule has 1 heterocycles. The fourth-order valence-corrected chi connectivity index (χ4v) is 1.34. The van der Waals surface area contributed by atoms with Crippen LogP contribution in [0, 0.1) is 5.92 Å². The van der Waals surface area contributed by atoms with Gasteiger partial charge in [-0.25, -0.2) is 0 Å². The number of aromatic hydroxyl groups is 1. The largest absolute Gasteiger partial charge is 0.506 e. The van der Waals surface area contributed by atoms with Gasteiger partial charge in [0.25, 0.3) is 0 Å². The molecule has 0 unspecified atom stereocenters. The number of nitrogens with zero attached hydrogens (tertiary/aromatic N) is 1. The zero-order valence-corrected chi connectivity index (χ0v) is 6.77. The lowest BCUT2D eigenvalue weighted by atomic mass is 10.1. The van der Waals surface area contributed by atoms with E-state index in [9.17, 15) is 5.11 Å². The first-order chi connectivity index (χ1) is 5.79. The van der Waals surface area contributed by atoms with Gasteiger partial charge in [0.05, 0.1) is 11.7 Å². The van der Waals surface area contributed by atoms with Gasteiger partial charge in [0.15, 0.2) is 0 Å². The standard InChI is InChI=1S/C9H12N2O/c10-8(6-3-4-6)9-7(12)2-1-5-11-9/h1-2,5-6,8,12H,3-4,10H2/t8-/m1/s1. The third-order valence-electron chi connectivity index (χ3n) is 2.26. The second-order valence-electron chi connectivity index (χ2n) is 3.27. The van der Waals surface area contributed by atoms with Crippen molar-refractivity contribution in [2.24, 2.45) is 11.7 Å². The molecule has 1 aromatic heterocycles. The first-order valence-electron chi connectivity index (χ1n) is 4.18. The van der Waals surface area contributed by atoms with Gasteiger partial charge in [0.1, 0.15) is 5.75 Å². The molecule has 0 aromatic carbocycles. The molecule has 0 amide bonds. The van der Waals surface area contributed by atoms with Crippen molar-refractivity contribution in [2.75, 3.05) is 0 Å². The summed E-state index contributed by atoms with van der Waals surface area (Å²) < 4.78 is 0. The number of rotatable bonds is 2. The van der Waals surface area contributed by atoms with Crippen molar-refractivity contribution in [2.45, 2.75) is 18.9 Å². The maximum absolute atomic E-state index is 9.42. The summed E-state index contributed by atoms with van der Waals surface area (Å²) in [6, 6.07) is 3.26. The molecule has 1 fully saturated rings. The Morgan fingerprint density at radius 2 is 2.33 bits per heavy atom. The van der Waals surface area contributed by atoms with Crippen molar-refractivity contribution in [3.05, 3.63) is 24.0 Å². The predicted octanol–water partition coefficient (Wildman–Crippen LogP) is 1.20. The minimum absolute atomic E-state index is 0.0776. The van der Waals surface area contributed by atoms with Gasteiger partial charge in [-0.1, -0.05) is 0 Å². The van der Waals surface area contributed by atoms with E-state index in [1.807, 2.05) is 0 Å². The molecule has 2 rings (SSSR count). The quantitative estimate of drug-likeness (QED) is 0.690. The van der Waals surface area contributed by atoms with E-state index < -0.39 is 0 Å². The molecule has 12 heavy (non-hydrogen) atoms. The summed E-state index contributed by atoms with van der Waals surface area (Å²) >= 11 is 0. The van der Waals surface area contributed by atoms with Gasteiger partial charge in [0.2, 0.25) is 0 Å². The van der Waals surface area contributed by atoms with E-state index in [2.05, 4.69) is 4.98 Å². The zero-order chi connectivity index (χ0) is 8.55. The summed E-state index contributed by atoms with van der Waals surface area (Å²) in [7, 11) is 0. The van der Waals surface area contributed by atoms with Crippen LogP contribution in [-0.4, -0.2) is 10.1 Å². The molecule has 64 valence electrons. The summed E-state index contributed by atoms with van der Waals surface area (Å²) in [6.07, 6.45) is 3.99. The molecular formula is C9H12N2O. The average molecular weight is 164 g/mol. The van der Waals surface area contributed by atoms with Crippen LogP contribution in [0.15, 0.2) is 18.3 Å². The van der Waals surface area contributed by atoms with E-state index in [4.69, 9.17) is 5.73 Å². The number of hydrogen-bond donors (Lipinski definition) is 2. The summed E-state index contributed by atoms with van der Waals surface area (Å²) in [4.78, 5) is 4.06. The predicted molar refractivity (Wildman–Crippen MR) is 45.6 cm³/mol. The first-order valence-corrected chi connectivity index (χ1v) is 4.18. The molecule has 3 nitrogen and oxygen atoms in total. The molecule has 0 bridgehead atoms. The van der Waals surface area contributed by atoms with Gasteiger partial charge >= 0.3 is 0 Å². The van der Waals surface area contributed by atoms with Crippen molar-refractivity contribution in [3.63, 3.8) is 0 Å². The normalized spacial score (nSPS) is 19.1. The molecule has 0 aliphatic heterocycles. The van der Waals surface area contributed by atoms with Crippen LogP contribution < -0.4 is 5.73 Å². The molecule has 1 saturated carbocycles. The summed E-state index contributed by atoms with van der Waals surface area (Å²) in [6.45, 7) is 0. The van der Waals surface area contributed by atoms with Crippen LogP contribution in [0.1, 0.15) is 24.6 Å². The zero-order valence-electron chi connectivity index (χ0n) is 6.77. The van der Waals surface area contributed by atoms with Crippen LogP contribution >= 0.6 is 0 Å². The number of aromatic nitrogens is 1.